The molecule has 1 aliphatic rings. The minimum absolute atomic E-state index is 0. The Morgan fingerprint density at radius 1 is 0.618 bits per heavy atom. The van der Waals surface area contributed by atoms with Crippen LogP contribution in [0.25, 0.3) is 0 Å². The number of hydrogen-bond donors (Lipinski definition) is 0. The maximum absolute atomic E-state index is 6.24. The first-order chi connectivity index (χ1) is 16.3. The normalized spacial score (nSPS) is 15.2. The molecule has 0 atom stereocenters. The summed E-state index contributed by atoms with van der Waals surface area (Å²) >= 11 is 0. The van der Waals surface area contributed by atoms with Crippen molar-refractivity contribution < 1.29 is 21.6 Å². The SMILES string of the molecule is CCCCCCCCCCCCCCCCCCOC[N+]1(Cc2ccccc2)CCCCC1.[Cl-]. The van der Waals surface area contributed by atoms with Crippen LogP contribution in [0.2, 0.25) is 0 Å². The average Bonchev–Trinajstić information content (AvgIpc) is 2.84. The van der Waals surface area contributed by atoms with Gasteiger partial charge in [-0.1, -0.05) is 134 Å². The number of benzene rings is 1. The van der Waals surface area contributed by atoms with Gasteiger partial charge in [0.25, 0.3) is 0 Å². The zero-order valence-electron chi connectivity index (χ0n) is 22.6. The van der Waals surface area contributed by atoms with E-state index in [0.29, 0.717) is 0 Å². The lowest BCUT2D eigenvalue weighted by Crippen LogP contribution is -3.00. The molecule has 0 N–H and O–H groups in total. The Labute approximate surface area is 219 Å². The summed E-state index contributed by atoms with van der Waals surface area (Å²) in [5.74, 6) is 0. The maximum Gasteiger partial charge on any atom is 0.183 e. The number of piperidine rings is 1. The highest BCUT2D eigenvalue weighted by molar-refractivity contribution is 5.13. The van der Waals surface area contributed by atoms with Gasteiger partial charge in [-0.3, -0.25) is 4.48 Å². The maximum atomic E-state index is 6.24. The van der Waals surface area contributed by atoms with Gasteiger partial charge >= 0.3 is 0 Å². The van der Waals surface area contributed by atoms with Gasteiger partial charge in [0.05, 0.1) is 19.7 Å². The highest BCUT2D eigenvalue weighted by Gasteiger charge is 2.30. The molecule has 0 unspecified atom stereocenters. The topological polar surface area (TPSA) is 9.23 Å². The van der Waals surface area contributed by atoms with E-state index in [1.165, 1.54) is 141 Å². The second-order valence-electron chi connectivity index (χ2n) is 10.8. The molecule has 3 heteroatoms. The molecule has 198 valence electrons. The van der Waals surface area contributed by atoms with E-state index in [9.17, 15) is 0 Å². The lowest BCUT2D eigenvalue weighted by molar-refractivity contribution is -0.962. The minimum atomic E-state index is 0. The molecule has 2 nitrogen and oxygen atoms in total. The van der Waals surface area contributed by atoms with Crippen LogP contribution in [0.1, 0.15) is 134 Å². The fraction of sp³-hybridized carbons (Fsp3) is 0.806. The lowest BCUT2D eigenvalue weighted by atomic mass is 10.0. The average molecular weight is 494 g/mol. The number of hydrogen-bond acceptors (Lipinski definition) is 1. The zero-order valence-corrected chi connectivity index (χ0v) is 23.3. The number of halogens is 1. The molecule has 0 aromatic heterocycles. The van der Waals surface area contributed by atoms with Crippen LogP contribution in [-0.4, -0.2) is 30.9 Å². The Kier molecular flexibility index (Phi) is 20.1. The van der Waals surface area contributed by atoms with E-state index in [4.69, 9.17) is 4.74 Å². The molecule has 0 aliphatic carbocycles. The van der Waals surface area contributed by atoms with Crippen LogP contribution in [0, 0.1) is 0 Å². The summed E-state index contributed by atoms with van der Waals surface area (Å²) in [6.45, 7) is 7.87. The highest BCUT2D eigenvalue weighted by atomic mass is 35.5. The van der Waals surface area contributed by atoms with Gasteiger partial charge in [0, 0.05) is 5.56 Å². The Bertz CT molecular complexity index is 544. The Morgan fingerprint density at radius 2 is 1.09 bits per heavy atom. The van der Waals surface area contributed by atoms with E-state index in [-0.39, 0.29) is 12.4 Å². The van der Waals surface area contributed by atoms with Crippen LogP contribution >= 0.6 is 0 Å². The second kappa shape index (κ2) is 21.7. The van der Waals surface area contributed by atoms with Crippen molar-refractivity contribution in [2.45, 2.75) is 135 Å². The molecule has 0 radical (unpaired) electrons. The predicted octanol–water partition coefficient (Wildman–Crippen LogP) is 6.43. The van der Waals surface area contributed by atoms with Crippen LogP contribution < -0.4 is 12.4 Å². The van der Waals surface area contributed by atoms with Crippen LogP contribution in [0.4, 0.5) is 0 Å². The molecule has 1 heterocycles. The van der Waals surface area contributed by atoms with Gasteiger partial charge in [-0.25, -0.2) is 0 Å². The fourth-order valence-corrected chi connectivity index (χ4v) is 5.50. The van der Waals surface area contributed by atoms with Crippen LogP contribution in [0.3, 0.4) is 0 Å². The van der Waals surface area contributed by atoms with Gasteiger partial charge in [0.2, 0.25) is 0 Å². The van der Waals surface area contributed by atoms with Gasteiger partial charge in [-0.05, 0) is 25.7 Å². The monoisotopic (exact) mass is 493 g/mol. The smallest absolute Gasteiger partial charge is 0.183 e. The standard InChI is InChI=1S/C31H56NO.ClH/c1-2-3-4-5-6-7-8-9-10-11-12-13-14-15-16-23-28-33-30-32(26-21-18-22-27-32)29-31-24-19-17-20-25-31;/h17,19-20,24-25H,2-16,18,21-23,26-30H2,1H3;1H/q+1;/p-1. The van der Waals surface area contributed by atoms with Gasteiger partial charge in [0.1, 0.15) is 6.54 Å². The van der Waals surface area contributed by atoms with E-state index in [0.717, 1.165) is 24.4 Å². The molecule has 0 bridgehead atoms. The number of rotatable bonds is 21. The van der Waals surface area contributed by atoms with Crippen LogP contribution in [0.5, 0.6) is 0 Å². The zero-order chi connectivity index (χ0) is 23.3. The van der Waals surface area contributed by atoms with Crippen LogP contribution in [0.15, 0.2) is 30.3 Å². The quantitative estimate of drug-likeness (QED) is 0.142. The van der Waals surface area contributed by atoms with E-state index in [1.54, 1.807) is 0 Å². The summed E-state index contributed by atoms with van der Waals surface area (Å²) in [6, 6.07) is 11.0. The van der Waals surface area contributed by atoms with Gasteiger partial charge < -0.3 is 17.1 Å². The van der Waals surface area contributed by atoms with Crippen molar-refractivity contribution in [3.8, 4) is 0 Å². The highest BCUT2D eigenvalue weighted by Crippen LogP contribution is 2.23. The number of quaternary nitrogens is 1. The van der Waals surface area contributed by atoms with Crippen LogP contribution in [-0.2, 0) is 11.3 Å². The third kappa shape index (κ3) is 15.4. The molecular weight excluding hydrogens is 438 g/mol. The van der Waals surface area contributed by atoms with Crippen molar-refractivity contribution in [2.24, 2.45) is 0 Å². The lowest BCUT2D eigenvalue weighted by Gasteiger charge is -2.41. The molecule has 2 rings (SSSR count). The molecule has 1 aromatic carbocycles. The summed E-state index contributed by atoms with van der Waals surface area (Å²) in [7, 11) is 0. The molecular formula is C31H56ClNO. The van der Waals surface area contributed by atoms with Crippen molar-refractivity contribution in [3.05, 3.63) is 35.9 Å². The molecule has 0 spiro atoms. The van der Waals surface area contributed by atoms with E-state index in [1.807, 2.05) is 0 Å². The van der Waals surface area contributed by atoms with E-state index >= 15 is 0 Å². The minimum Gasteiger partial charge on any atom is -1.00 e. The van der Waals surface area contributed by atoms with Crippen molar-refractivity contribution in [1.29, 1.82) is 0 Å². The van der Waals surface area contributed by atoms with Gasteiger partial charge in [-0.2, -0.15) is 0 Å². The van der Waals surface area contributed by atoms with Gasteiger partial charge in [-0.15, -0.1) is 0 Å². The fourth-order valence-electron chi connectivity index (χ4n) is 5.50. The number of likely N-dealkylation sites (tertiary alicyclic amines) is 1. The predicted molar refractivity (Wildman–Crippen MR) is 144 cm³/mol. The molecule has 1 fully saturated rings. The molecule has 1 aromatic rings. The summed E-state index contributed by atoms with van der Waals surface area (Å²) in [5, 5.41) is 0. The molecule has 0 amide bonds. The van der Waals surface area contributed by atoms with Crippen molar-refractivity contribution in [3.63, 3.8) is 0 Å². The van der Waals surface area contributed by atoms with Crippen molar-refractivity contribution in [2.75, 3.05) is 26.4 Å². The molecule has 1 saturated heterocycles. The number of unbranched alkanes of at least 4 members (excludes halogenated alkanes) is 15. The second-order valence-corrected chi connectivity index (χ2v) is 10.8. The first-order valence-electron chi connectivity index (χ1n) is 14.8. The third-order valence-corrected chi connectivity index (χ3v) is 7.63. The summed E-state index contributed by atoms with van der Waals surface area (Å²) in [4.78, 5) is 0. The van der Waals surface area contributed by atoms with Crippen molar-refractivity contribution in [1.82, 2.24) is 0 Å². The largest absolute Gasteiger partial charge is 1.00 e. The van der Waals surface area contributed by atoms with Crippen molar-refractivity contribution >= 4 is 0 Å². The first kappa shape index (κ1) is 31.5. The number of nitrogens with zero attached hydrogens (tertiary/aromatic N) is 1. The summed E-state index contributed by atoms with van der Waals surface area (Å²) in [5.41, 5.74) is 1.46. The van der Waals surface area contributed by atoms with E-state index < -0.39 is 0 Å². The Hall–Kier alpha value is -0.570. The Morgan fingerprint density at radius 3 is 1.59 bits per heavy atom. The summed E-state index contributed by atoms with van der Waals surface area (Å²) in [6.07, 6.45) is 26.9. The molecule has 0 saturated carbocycles. The molecule has 34 heavy (non-hydrogen) atoms. The van der Waals surface area contributed by atoms with Gasteiger partial charge in [0.15, 0.2) is 6.73 Å². The Balaban J connectivity index is 0.00000578. The number of ether oxygens (including phenoxy) is 1. The third-order valence-electron chi connectivity index (χ3n) is 7.63. The summed E-state index contributed by atoms with van der Waals surface area (Å²) < 4.78 is 7.38. The first-order valence-corrected chi connectivity index (χ1v) is 14.8. The van der Waals surface area contributed by atoms with E-state index in [2.05, 4.69) is 37.3 Å². The molecule has 1 aliphatic heterocycles.